The molecule has 2 aromatic carbocycles. The zero-order valence-corrected chi connectivity index (χ0v) is 15.7. The smallest absolute Gasteiger partial charge is 0.313 e. The summed E-state index contributed by atoms with van der Waals surface area (Å²) in [4.78, 5) is 26.4. The second-order valence-corrected chi connectivity index (χ2v) is 6.94. The van der Waals surface area contributed by atoms with Crippen LogP contribution in [0.1, 0.15) is 38.2 Å². The molecule has 142 valence electrons. The van der Waals surface area contributed by atoms with E-state index in [1.807, 2.05) is 30.3 Å². The third kappa shape index (κ3) is 4.35. The zero-order chi connectivity index (χ0) is 19.4. The highest BCUT2D eigenvalue weighted by molar-refractivity contribution is 5.85. The van der Waals surface area contributed by atoms with Gasteiger partial charge >= 0.3 is 5.97 Å². The number of nitrogens with zero attached hydrogens (tertiary/aromatic N) is 1. The Morgan fingerprint density at radius 1 is 1.04 bits per heavy atom. The average molecular weight is 369 g/mol. The molecule has 1 aliphatic heterocycles. The number of amides is 1. The molecule has 4 nitrogen and oxygen atoms in total. The molecule has 1 saturated heterocycles. The Morgan fingerprint density at radius 2 is 1.70 bits per heavy atom. The lowest BCUT2D eigenvalue weighted by molar-refractivity contribution is -0.159. The topological polar surface area (TPSA) is 46.6 Å². The predicted octanol–water partition coefficient (Wildman–Crippen LogP) is 4.15. The van der Waals surface area contributed by atoms with Crippen molar-refractivity contribution in [1.82, 2.24) is 4.90 Å². The maximum absolute atomic E-state index is 14.5. The summed E-state index contributed by atoms with van der Waals surface area (Å²) >= 11 is 0. The fraction of sp³-hybridized carbons (Fsp3) is 0.364. The van der Waals surface area contributed by atoms with E-state index in [1.165, 1.54) is 6.07 Å². The standard InChI is InChI=1S/C22H24FNO3/c1-15(22(26)27-16(2)21(25)24-12-6-7-13-24)18-10-11-19(20(23)14-18)17-8-4-3-5-9-17/h3-5,8-11,14-16H,6-7,12-13H2,1-2H3/t15-,16-/m0/s1. The summed E-state index contributed by atoms with van der Waals surface area (Å²) in [5.41, 5.74) is 1.79. The molecule has 0 saturated carbocycles. The van der Waals surface area contributed by atoms with Crippen molar-refractivity contribution in [1.29, 1.82) is 0 Å². The summed E-state index contributed by atoms with van der Waals surface area (Å²) < 4.78 is 19.9. The van der Waals surface area contributed by atoms with E-state index in [0.29, 0.717) is 24.2 Å². The Balaban J connectivity index is 1.67. The van der Waals surface area contributed by atoms with Crippen LogP contribution in [0, 0.1) is 5.82 Å². The quantitative estimate of drug-likeness (QED) is 0.744. The second kappa shape index (κ2) is 8.33. The minimum Gasteiger partial charge on any atom is -0.452 e. The highest BCUT2D eigenvalue weighted by Crippen LogP contribution is 2.27. The number of ether oxygens (including phenoxy) is 1. The van der Waals surface area contributed by atoms with Gasteiger partial charge in [-0.25, -0.2) is 4.39 Å². The lowest BCUT2D eigenvalue weighted by Crippen LogP contribution is -2.38. The molecule has 3 rings (SSSR count). The van der Waals surface area contributed by atoms with E-state index in [9.17, 15) is 14.0 Å². The molecular weight excluding hydrogens is 345 g/mol. The third-order valence-electron chi connectivity index (χ3n) is 4.99. The van der Waals surface area contributed by atoms with Crippen molar-refractivity contribution in [2.45, 2.75) is 38.7 Å². The first-order valence-electron chi connectivity index (χ1n) is 9.31. The fourth-order valence-electron chi connectivity index (χ4n) is 3.31. The summed E-state index contributed by atoms with van der Waals surface area (Å²) in [5, 5.41) is 0. The second-order valence-electron chi connectivity index (χ2n) is 6.94. The molecule has 1 heterocycles. The molecular formula is C22H24FNO3. The Labute approximate surface area is 158 Å². The number of carbonyl (C=O) groups is 2. The third-order valence-corrected chi connectivity index (χ3v) is 4.99. The van der Waals surface area contributed by atoms with Crippen LogP contribution in [-0.4, -0.2) is 36.0 Å². The molecule has 2 atom stereocenters. The van der Waals surface area contributed by atoms with Gasteiger partial charge in [-0.15, -0.1) is 0 Å². The Hall–Kier alpha value is -2.69. The number of esters is 1. The van der Waals surface area contributed by atoms with E-state index >= 15 is 0 Å². The normalized spacial score (nSPS) is 16.0. The van der Waals surface area contributed by atoms with Crippen LogP contribution in [0.2, 0.25) is 0 Å². The van der Waals surface area contributed by atoms with Gasteiger partial charge in [-0.1, -0.05) is 42.5 Å². The summed E-state index contributed by atoms with van der Waals surface area (Å²) in [5.74, 6) is -1.74. The molecule has 1 amide bonds. The molecule has 5 heteroatoms. The highest BCUT2D eigenvalue weighted by Gasteiger charge is 2.28. The SMILES string of the molecule is C[C@H](OC(=O)[C@@H](C)c1ccc(-c2ccccc2)c(F)c1)C(=O)N1CCCC1. The lowest BCUT2D eigenvalue weighted by atomic mass is 9.97. The van der Waals surface area contributed by atoms with Gasteiger partial charge in [0.2, 0.25) is 0 Å². The van der Waals surface area contributed by atoms with E-state index in [4.69, 9.17) is 4.74 Å². The van der Waals surface area contributed by atoms with Gasteiger partial charge in [0, 0.05) is 18.7 Å². The van der Waals surface area contributed by atoms with Crippen molar-refractivity contribution in [3.63, 3.8) is 0 Å². The summed E-state index contributed by atoms with van der Waals surface area (Å²) in [6.45, 7) is 4.67. The molecule has 0 spiro atoms. The van der Waals surface area contributed by atoms with Crippen LogP contribution in [0.5, 0.6) is 0 Å². The van der Waals surface area contributed by atoms with Crippen LogP contribution >= 0.6 is 0 Å². The first kappa shape index (κ1) is 19.1. The van der Waals surface area contributed by atoms with Crippen molar-refractivity contribution in [2.75, 3.05) is 13.1 Å². The van der Waals surface area contributed by atoms with Crippen molar-refractivity contribution in [2.24, 2.45) is 0 Å². The summed E-state index contributed by atoms with van der Waals surface area (Å²) in [6.07, 6.45) is 1.14. The minimum atomic E-state index is -0.827. The van der Waals surface area contributed by atoms with Crippen molar-refractivity contribution < 1.29 is 18.7 Å². The van der Waals surface area contributed by atoms with Crippen LogP contribution in [0.4, 0.5) is 4.39 Å². The largest absolute Gasteiger partial charge is 0.452 e. The summed E-state index contributed by atoms with van der Waals surface area (Å²) in [7, 11) is 0. The van der Waals surface area contributed by atoms with Crippen LogP contribution < -0.4 is 0 Å². The van der Waals surface area contributed by atoms with Gasteiger partial charge in [0.15, 0.2) is 6.10 Å². The van der Waals surface area contributed by atoms with Gasteiger partial charge in [0.25, 0.3) is 5.91 Å². The highest BCUT2D eigenvalue weighted by atomic mass is 19.1. The van der Waals surface area contributed by atoms with Crippen LogP contribution in [0.15, 0.2) is 48.5 Å². The Bertz CT molecular complexity index is 816. The molecule has 27 heavy (non-hydrogen) atoms. The fourth-order valence-corrected chi connectivity index (χ4v) is 3.31. The average Bonchev–Trinajstić information content (AvgIpc) is 3.22. The molecule has 0 aromatic heterocycles. The Kier molecular flexibility index (Phi) is 5.89. The van der Waals surface area contributed by atoms with E-state index < -0.39 is 18.0 Å². The van der Waals surface area contributed by atoms with Gasteiger partial charge in [0.1, 0.15) is 5.82 Å². The van der Waals surface area contributed by atoms with Crippen molar-refractivity contribution in [3.8, 4) is 11.1 Å². The molecule has 0 N–H and O–H groups in total. The predicted molar refractivity (Wildman–Crippen MR) is 102 cm³/mol. The number of rotatable bonds is 5. The van der Waals surface area contributed by atoms with Crippen LogP contribution in [-0.2, 0) is 14.3 Å². The molecule has 0 bridgehead atoms. The maximum atomic E-state index is 14.5. The number of halogens is 1. The van der Waals surface area contributed by atoms with Gasteiger partial charge in [-0.2, -0.15) is 0 Å². The maximum Gasteiger partial charge on any atom is 0.313 e. The number of hydrogen-bond acceptors (Lipinski definition) is 3. The van der Waals surface area contributed by atoms with Gasteiger partial charge in [-0.3, -0.25) is 9.59 Å². The number of benzene rings is 2. The Morgan fingerprint density at radius 3 is 2.33 bits per heavy atom. The zero-order valence-electron chi connectivity index (χ0n) is 15.7. The molecule has 0 unspecified atom stereocenters. The number of carbonyl (C=O) groups excluding carboxylic acids is 2. The van der Waals surface area contributed by atoms with E-state index in [0.717, 1.165) is 18.4 Å². The van der Waals surface area contributed by atoms with Gasteiger partial charge < -0.3 is 9.64 Å². The number of likely N-dealkylation sites (tertiary alicyclic amines) is 1. The van der Waals surface area contributed by atoms with Crippen LogP contribution in [0.25, 0.3) is 11.1 Å². The van der Waals surface area contributed by atoms with Gasteiger partial charge in [0.05, 0.1) is 5.92 Å². The molecule has 1 aliphatic rings. The first-order valence-corrected chi connectivity index (χ1v) is 9.31. The number of hydrogen-bond donors (Lipinski definition) is 0. The van der Waals surface area contributed by atoms with E-state index in [1.54, 1.807) is 30.9 Å². The molecule has 2 aromatic rings. The lowest BCUT2D eigenvalue weighted by Gasteiger charge is -2.22. The monoisotopic (exact) mass is 369 g/mol. The van der Waals surface area contributed by atoms with E-state index in [-0.39, 0.29) is 11.7 Å². The van der Waals surface area contributed by atoms with Gasteiger partial charge in [-0.05, 0) is 43.9 Å². The van der Waals surface area contributed by atoms with Crippen LogP contribution in [0.3, 0.4) is 0 Å². The summed E-state index contributed by atoms with van der Waals surface area (Å²) in [6, 6.07) is 14.0. The molecule has 0 radical (unpaired) electrons. The van der Waals surface area contributed by atoms with E-state index in [2.05, 4.69) is 0 Å². The van der Waals surface area contributed by atoms with Crippen molar-refractivity contribution >= 4 is 11.9 Å². The molecule has 0 aliphatic carbocycles. The first-order chi connectivity index (χ1) is 13.0. The van der Waals surface area contributed by atoms with Crippen molar-refractivity contribution in [3.05, 3.63) is 59.9 Å². The minimum absolute atomic E-state index is 0.168. The molecule has 1 fully saturated rings.